The van der Waals surface area contributed by atoms with Crippen LogP contribution in [-0.2, 0) is 7.05 Å². The lowest BCUT2D eigenvalue weighted by atomic mass is 10.0. The molecule has 2 unspecified atom stereocenters. The zero-order chi connectivity index (χ0) is 23.2. The third-order valence-corrected chi connectivity index (χ3v) is 5.51. The van der Waals surface area contributed by atoms with E-state index in [4.69, 9.17) is 11.5 Å². The van der Waals surface area contributed by atoms with Crippen LogP contribution in [0.25, 0.3) is 10.9 Å². The van der Waals surface area contributed by atoms with Crippen LogP contribution in [0.15, 0.2) is 35.5 Å². The Bertz CT molecular complexity index is 1180. The van der Waals surface area contributed by atoms with Crippen molar-refractivity contribution < 1.29 is 13.2 Å². The molecule has 1 saturated heterocycles. The van der Waals surface area contributed by atoms with Crippen LogP contribution in [0.2, 0.25) is 0 Å². The summed E-state index contributed by atoms with van der Waals surface area (Å²) in [5.41, 5.74) is 13.1. The molecule has 0 bridgehead atoms. The summed E-state index contributed by atoms with van der Waals surface area (Å²) in [5, 5.41) is 7.98. The topological polar surface area (TPSA) is 97.5 Å². The van der Waals surface area contributed by atoms with Crippen molar-refractivity contribution in [2.45, 2.75) is 32.4 Å². The van der Waals surface area contributed by atoms with E-state index in [1.807, 2.05) is 18.7 Å². The van der Waals surface area contributed by atoms with Gasteiger partial charge in [-0.15, -0.1) is 0 Å². The summed E-state index contributed by atoms with van der Waals surface area (Å²) in [7, 11) is 1.67. The molecule has 2 heterocycles. The van der Waals surface area contributed by atoms with Crippen molar-refractivity contribution >= 4 is 33.8 Å². The van der Waals surface area contributed by atoms with Gasteiger partial charge in [0.25, 0.3) is 6.43 Å². The van der Waals surface area contributed by atoms with Crippen LogP contribution >= 0.6 is 0 Å². The Hall–Kier alpha value is -3.27. The van der Waals surface area contributed by atoms with Gasteiger partial charge in [0.2, 0.25) is 0 Å². The number of nitrogens with zero attached hydrogens (tertiary/aromatic N) is 4. The maximum absolute atomic E-state index is 14.4. The number of nitrogen functional groups attached to an aromatic ring is 1. The van der Waals surface area contributed by atoms with Crippen molar-refractivity contribution in [3.63, 3.8) is 0 Å². The molecule has 2 atom stereocenters. The molecule has 7 nitrogen and oxygen atoms in total. The lowest BCUT2D eigenvalue weighted by Gasteiger charge is -2.38. The zero-order valence-electron chi connectivity index (χ0n) is 18.1. The molecule has 1 aromatic heterocycles. The van der Waals surface area contributed by atoms with Crippen molar-refractivity contribution in [1.82, 2.24) is 15.1 Å². The van der Waals surface area contributed by atoms with Crippen molar-refractivity contribution in [3.8, 4) is 0 Å². The second-order valence-electron chi connectivity index (χ2n) is 8.34. The van der Waals surface area contributed by atoms with Crippen molar-refractivity contribution in [1.29, 1.82) is 0 Å². The maximum atomic E-state index is 14.4. The van der Waals surface area contributed by atoms with Crippen LogP contribution in [-0.4, -0.2) is 40.8 Å². The number of nitrogens with one attached hydrogen (secondary N) is 1. The summed E-state index contributed by atoms with van der Waals surface area (Å²) >= 11 is 0. The Balaban J connectivity index is 1.75. The molecule has 1 aliphatic heterocycles. The van der Waals surface area contributed by atoms with E-state index in [0.29, 0.717) is 24.2 Å². The predicted molar refractivity (Wildman–Crippen MR) is 121 cm³/mol. The van der Waals surface area contributed by atoms with Gasteiger partial charge < -0.3 is 21.7 Å². The second-order valence-corrected chi connectivity index (χ2v) is 8.34. The first-order valence-electron chi connectivity index (χ1n) is 10.3. The summed E-state index contributed by atoms with van der Waals surface area (Å²) in [5.74, 6) is -0.775. The Labute approximate surface area is 183 Å². The Morgan fingerprint density at radius 2 is 1.88 bits per heavy atom. The SMILES string of the molecule is CC1CN(c2cc(N)c(C(N)=Nc3cc(F)c4nn(C)cc4c3)c(C(F)F)c2)CC(C)N1. The van der Waals surface area contributed by atoms with Gasteiger partial charge in [-0.25, -0.2) is 18.2 Å². The molecule has 0 aliphatic carbocycles. The highest BCUT2D eigenvalue weighted by molar-refractivity contribution is 6.05. The van der Waals surface area contributed by atoms with Crippen LogP contribution in [0, 0.1) is 5.82 Å². The Morgan fingerprint density at radius 3 is 2.53 bits per heavy atom. The fraction of sp³-hybridized carbons (Fsp3) is 0.364. The molecule has 0 saturated carbocycles. The molecule has 170 valence electrons. The molecule has 0 radical (unpaired) electrons. The fourth-order valence-corrected chi connectivity index (χ4v) is 4.32. The van der Waals surface area contributed by atoms with E-state index in [9.17, 15) is 13.2 Å². The lowest BCUT2D eigenvalue weighted by Crippen LogP contribution is -2.54. The van der Waals surface area contributed by atoms with Crippen molar-refractivity contribution in [2.24, 2.45) is 17.8 Å². The van der Waals surface area contributed by atoms with Crippen LogP contribution in [0.3, 0.4) is 0 Å². The molecule has 2 aromatic carbocycles. The third kappa shape index (κ3) is 4.22. The van der Waals surface area contributed by atoms with Crippen LogP contribution < -0.4 is 21.7 Å². The summed E-state index contributed by atoms with van der Waals surface area (Å²) in [6.07, 6.45) is -1.17. The summed E-state index contributed by atoms with van der Waals surface area (Å²) in [4.78, 5) is 6.22. The van der Waals surface area contributed by atoms with E-state index < -0.39 is 12.2 Å². The first-order chi connectivity index (χ1) is 15.1. The van der Waals surface area contributed by atoms with Crippen molar-refractivity contribution in [3.05, 3.63) is 47.4 Å². The minimum atomic E-state index is -2.81. The minimum absolute atomic E-state index is 0.0355. The van der Waals surface area contributed by atoms with E-state index in [1.54, 1.807) is 25.4 Å². The number of aryl methyl sites for hydroxylation is 1. The largest absolute Gasteiger partial charge is 0.398 e. The smallest absolute Gasteiger partial charge is 0.264 e. The first-order valence-corrected chi connectivity index (χ1v) is 10.3. The highest BCUT2D eigenvalue weighted by atomic mass is 19.3. The molecule has 4 rings (SSSR count). The van der Waals surface area contributed by atoms with Gasteiger partial charge >= 0.3 is 0 Å². The Kier molecular flexibility index (Phi) is 5.72. The molecule has 32 heavy (non-hydrogen) atoms. The van der Waals surface area contributed by atoms with E-state index in [1.165, 1.54) is 10.7 Å². The van der Waals surface area contributed by atoms with E-state index in [2.05, 4.69) is 15.4 Å². The van der Waals surface area contributed by atoms with Crippen LogP contribution in [0.5, 0.6) is 0 Å². The standard InChI is InChI=1S/C22H26F3N7/c1-11-8-32(9-12(2)28-11)15-6-16(21(24)25)19(18(26)7-15)22(27)29-14-4-13-10-31(3)30-20(13)17(23)5-14/h4-7,10-12,21,28H,8-9,26H2,1-3H3,(H2,27,29). The normalized spacial score (nSPS) is 19.8. The van der Waals surface area contributed by atoms with Crippen molar-refractivity contribution in [2.75, 3.05) is 23.7 Å². The molecule has 0 spiro atoms. The molecular weight excluding hydrogens is 419 g/mol. The number of halogens is 3. The van der Waals surface area contributed by atoms with Gasteiger partial charge in [-0.05, 0) is 32.0 Å². The minimum Gasteiger partial charge on any atom is -0.398 e. The molecule has 1 fully saturated rings. The molecule has 3 aromatic rings. The van der Waals surface area contributed by atoms with Gasteiger partial charge in [-0.2, -0.15) is 5.10 Å². The molecule has 5 N–H and O–H groups in total. The number of piperazine rings is 1. The van der Waals surface area contributed by atoms with Gasteiger partial charge in [0, 0.05) is 72.4 Å². The monoisotopic (exact) mass is 445 g/mol. The number of alkyl halides is 2. The number of fused-ring (bicyclic) bond motifs is 1. The highest BCUT2D eigenvalue weighted by Crippen LogP contribution is 2.34. The van der Waals surface area contributed by atoms with Crippen LogP contribution in [0.1, 0.15) is 31.4 Å². The number of hydrogen-bond acceptors (Lipinski definition) is 5. The van der Waals surface area contributed by atoms with Gasteiger partial charge in [0.15, 0.2) is 5.82 Å². The number of benzene rings is 2. The van der Waals surface area contributed by atoms with E-state index in [0.717, 1.165) is 6.07 Å². The van der Waals surface area contributed by atoms with E-state index >= 15 is 0 Å². The average molecular weight is 445 g/mol. The fourth-order valence-electron chi connectivity index (χ4n) is 4.32. The van der Waals surface area contributed by atoms with Gasteiger partial charge in [-0.1, -0.05) is 0 Å². The number of nitrogens with two attached hydrogens (primary N) is 2. The summed E-state index contributed by atoms with van der Waals surface area (Å²) in [6, 6.07) is 6.22. The predicted octanol–water partition coefficient (Wildman–Crippen LogP) is 3.46. The number of aliphatic imine (C=N–C) groups is 1. The second kappa shape index (κ2) is 8.34. The zero-order valence-corrected chi connectivity index (χ0v) is 18.1. The Morgan fingerprint density at radius 1 is 1.19 bits per heavy atom. The maximum Gasteiger partial charge on any atom is 0.264 e. The van der Waals surface area contributed by atoms with Gasteiger partial charge in [0.1, 0.15) is 11.4 Å². The number of amidine groups is 1. The number of rotatable bonds is 4. The van der Waals surface area contributed by atoms with E-state index in [-0.39, 0.29) is 45.9 Å². The lowest BCUT2D eigenvalue weighted by molar-refractivity contribution is 0.151. The molecule has 1 aliphatic rings. The molecule has 0 amide bonds. The van der Waals surface area contributed by atoms with Gasteiger partial charge in [-0.3, -0.25) is 4.68 Å². The van der Waals surface area contributed by atoms with Crippen LogP contribution in [0.4, 0.5) is 30.2 Å². The number of anilines is 2. The van der Waals surface area contributed by atoms with Gasteiger partial charge in [0.05, 0.1) is 5.69 Å². The molecule has 10 heteroatoms. The number of hydrogen-bond donors (Lipinski definition) is 3. The third-order valence-electron chi connectivity index (χ3n) is 5.51. The summed E-state index contributed by atoms with van der Waals surface area (Å²) in [6.45, 7) is 5.41. The summed E-state index contributed by atoms with van der Waals surface area (Å²) < 4.78 is 43.9. The highest BCUT2D eigenvalue weighted by Gasteiger charge is 2.25. The quantitative estimate of drug-likeness (QED) is 0.325. The molecular formula is C22H26F3N7. The average Bonchev–Trinajstić information content (AvgIpc) is 3.07. The number of aromatic nitrogens is 2. The first kappa shape index (κ1) is 21.9.